The van der Waals surface area contributed by atoms with Gasteiger partial charge in [-0.1, -0.05) is 63.6 Å². The number of para-hydroxylation sites is 2. The minimum Gasteiger partial charge on any atom is -0.462 e. The number of ketones is 1. The molecule has 0 bridgehead atoms. The molecule has 5 rings (SSSR count). The van der Waals surface area contributed by atoms with Crippen LogP contribution in [-0.2, 0) is 14.3 Å². The first-order valence-corrected chi connectivity index (χ1v) is 12.5. The van der Waals surface area contributed by atoms with E-state index in [2.05, 4.69) is 20.8 Å². The summed E-state index contributed by atoms with van der Waals surface area (Å²) >= 11 is 0. The average Bonchev–Trinajstić information content (AvgIpc) is 3.60. The Bertz CT molecular complexity index is 996. The Balaban J connectivity index is 1.26. The van der Waals surface area contributed by atoms with Crippen LogP contribution in [0, 0.1) is 29.6 Å². The van der Waals surface area contributed by atoms with Crippen molar-refractivity contribution in [3.05, 3.63) is 59.7 Å². The topological polar surface area (TPSA) is 52.6 Å². The molecule has 1 aliphatic heterocycles. The molecule has 2 saturated carbocycles. The molecule has 33 heavy (non-hydrogen) atoms. The van der Waals surface area contributed by atoms with E-state index in [1.54, 1.807) is 0 Å². The lowest BCUT2D eigenvalue weighted by atomic mass is 9.75. The van der Waals surface area contributed by atoms with Crippen LogP contribution in [0.4, 0.5) is 0 Å². The van der Waals surface area contributed by atoms with Gasteiger partial charge in [-0.05, 0) is 49.1 Å². The zero-order valence-electron chi connectivity index (χ0n) is 19.8. The molecule has 4 nitrogen and oxygen atoms in total. The highest BCUT2D eigenvalue weighted by atomic mass is 16.5. The Morgan fingerprint density at radius 1 is 0.939 bits per heavy atom. The van der Waals surface area contributed by atoms with Crippen LogP contribution in [0.25, 0.3) is 0 Å². The normalized spacial score (nSPS) is 28.4. The Morgan fingerprint density at radius 3 is 2.21 bits per heavy atom. The van der Waals surface area contributed by atoms with E-state index in [1.807, 2.05) is 48.5 Å². The molecule has 0 saturated heterocycles. The van der Waals surface area contributed by atoms with E-state index in [0.29, 0.717) is 30.6 Å². The molecule has 0 aromatic heterocycles. The number of carbonyl (C=O) groups excluding carboxylic acids is 2. The first-order chi connectivity index (χ1) is 15.9. The third-order valence-electron chi connectivity index (χ3n) is 7.95. The van der Waals surface area contributed by atoms with Gasteiger partial charge in [-0.3, -0.25) is 9.59 Å². The fourth-order valence-corrected chi connectivity index (χ4v) is 5.88. The minimum absolute atomic E-state index is 0.00755. The van der Waals surface area contributed by atoms with Crippen molar-refractivity contribution in [3.8, 4) is 11.5 Å². The number of carbonyl (C=O) groups is 2. The minimum atomic E-state index is -0.270. The van der Waals surface area contributed by atoms with Crippen molar-refractivity contribution in [2.75, 3.05) is 0 Å². The summed E-state index contributed by atoms with van der Waals surface area (Å²) in [4.78, 5) is 26.2. The third kappa shape index (κ3) is 4.45. The molecule has 2 fully saturated rings. The van der Waals surface area contributed by atoms with Crippen molar-refractivity contribution in [1.82, 2.24) is 0 Å². The number of ether oxygens (including phenoxy) is 2. The summed E-state index contributed by atoms with van der Waals surface area (Å²) < 4.78 is 12.1. The van der Waals surface area contributed by atoms with Crippen LogP contribution in [0.15, 0.2) is 48.5 Å². The van der Waals surface area contributed by atoms with Gasteiger partial charge < -0.3 is 9.47 Å². The number of rotatable bonds is 6. The maximum absolute atomic E-state index is 13.3. The highest BCUT2D eigenvalue weighted by Crippen LogP contribution is 2.49. The summed E-state index contributed by atoms with van der Waals surface area (Å²) in [5.41, 5.74) is 2.08. The van der Waals surface area contributed by atoms with Gasteiger partial charge >= 0.3 is 5.97 Å². The summed E-state index contributed by atoms with van der Waals surface area (Å²) in [6, 6.07) is 15.9. The monoisotopic (exact) mass is 446 g/mol. The maximum Gasteiger partial charge on any atom is 0.309 e. The Labute approximate surface area is 196 Å². The molecule has 2 aromatic rings. The number of fused-ring (bicyclic) bond motifs is 2. The fraction of sp³-hybridized carbons (Fsp3) is 0.517. The van der Waals surface area contributed by atoms with Crippen LogP contribution in [0.1, 0.15) is 69.9 Å². The van der Waals surface area contributed by atoms with E-state index in [-0.39, 0.29) is 35.6 Å². The quantitative estimate of drug-likeness (QED) is 0.474. The lowest BCUT2D eigenvalue weighted by Crippen LogP contribution is -2.36. The maximum atomic E-state index is 13.3. The second-order valence-corrected chi connectivity index (χ2v) is 10.7. The Morgan fingerprint density at radius 2 is 1.58 bits per heavy atom. The lowest BCUT2D eigenvalue weighted by molar-refractivity contribution is -0.158. The first kappa shape index (κ1) is 22.2. The average molecular weight is 447 g/mol. The molecule has 0 radical (unpaired) electrons. The standard InChI is InChI=1S/C29H34O4/c1-17(2)19-13-12-18(3)14-28(19)33-29(31)24-15-23(24)25(30)16-22-20-8-4-6-10-26(20)32-27-11-7-5-9-21(22)27/h4-11,17-19,22-24,28H,12-16H2,1-3H3/t18-,19+,23?,24?,28-/m1/s1. The van der Waals surface area contributed by atoms with Crippen molar-refractivity contribution in [1.29, 1.82) is 0 Å². The number of hydrogen-bond acceptors (Lipinski definition) is 4. The highest BCUT2D eigenvalue weighted by molar-refractivity contribution is 5.92. The van der Waals surface area contributed by atoms with Gasteiger partial charge in [0.25, 0.3) is 0 Å². The molecule has 0 spiro atoms. The molecular formula is C29H34O4. The van der Waals surface area contributed by atoms with Crippen LogP contribution in [0.3, 0.4) is 0 Å². The SMILES string of the molecule is CC(C)[C@@H]1CC[C@@H](C)C[C@H]1OC(=O)C1CC1C(=O)CC1c2ccccc2Oc2ccccc21. The Hall–Kier alpha value is -2.62. The summed E-state index contributed by atoms with van der Waals surface area (Å²) in [7, 11) is 0. The number of benzene rings is 2. The largest absolute Gasteiger partial charge is 0.462 e. The molecular weight excluding hydrogens is 412 g/mol. The zero-order valence-corrected chi connectivity index (χ0v) is 19.8. The van der Waals surface area contributed by atoms with E-state index < -0.39 is 0 Å². The molecule has 4 heteroatoms. The summed E-state index contributed by atoms with van der Waals surface area (Å²) in [6.45, 7) is 6.67. The van der Waals surface area contributed by atoms with Gasteiger partial charge in [-0.15, -0.1) is 0 Å². The van der Waals surface area contributed by atoms with Crippen LogP contribution in [0.2, 0.25) is 0 Å². The van der Waals surface area contributed by atoms with Crippen LogP contribution >= 0.6 is 0 Å². The number of Topliss-reactive ketones (excluding diaryl/α,β-unsaturated/α-hetero) is 1. The van der Waals surface area contributed by atoms with Gasteiger partial charge in [-0.2, -0.15) is 0 Å². The molecule has 5 atom stereocenters. The second kappa shape index (κ2) is 8.96. The molecule has 2 unspecified atom stereocenters. The first-order valence-electron chi connectivity index (χ1n) is 12.5. The van der Waals surface area contributed by atoms with E-state index >= 15 is 0 Å². The molecule has 0 N–H and O–H groups in total. The van der Waals surface area contributed by atoms with E-state index in [0.717, 1.165) is 35.5 Å². The summed E-state index contributed by atoms with van der Waals surface area (Å²) in [5.74, 6) is 2.61. The smallest absolute Gasteiger partial charge is 0.309 e. The van der Waals surface area contributed by atoms with Crippen molar-refractivity contribution in [2.24, 2.45) is 29.6 Å². The molecule has 0 amide bonds. The van der Waals surface area contributed by atoms with Crippen molar-refractivity contribution in [2.45, 2.75) is 64.9 Å². The molecule has 174 valence electrons. The van der Waals surface area contributed by atoms with Crippen LogP contribution < -0.4 is 4.74 Å². The zero-order chi connectivity index (χ0) is 23.1. The second-order valence-electron chi connectivity index (χ2n) is 10.7. The molecule has 1 heterocycles. The van der Waals surface area contributed by atoms with E-state index in [4.69, 9.17) is 9.47 Å². The summed E-state index contributed by atoms with van der Waals surface area (Å²) in [6.07, 6.45) is 4.27. The predicted molar refractivity (Wildman–Crippen MR) is 127 cm³/mol. The number of hydrogen-bond donors (Lipinski definition) is 0. The van der Waals surface area contributed by atoms with E-state index in [1.165, 1.54) is 6.42 Å². The fourth-order valence-electron chi connectivity index (χ4n) is 5.88. The van der Waals surface area contributed by atoms with Gasteiger partial charge in [0, 0.05) is 29.4 Å². The van der Waals surface area contributed by atoms with Gasteiger partial charge in [0.2, 0.25) is 0 Å². The van der Waals surface area contributed by atoms with Crippen molar-refractivity contribution < 1.29 is 19.1 Å². The van der Waals surface area contributed by atoms with E-state index in [9.17, 15) is 9.59 Å². The predicted octanol–water partition coefficient (Wildman–Crippen LogP) is 6.52. The van der Waals surface area contributed by atoms with Gasteiger partial charge in [0.05, 0.1) is 5.92 Å². The molecule has 2 aromatic carbocycles. The lowest BCUT2D eigenvalue weighted by Gasteiger charge is -2.36. The van der Waals surface area contributed by atoms with Crippen LogP contribution in [0.5, 0.6) is 11.5 Å². The summed E-state index contributed by atoms with van der Waals surface area (Å²) in [5, 5.41) is 0. The number of esters is 1. The Kier molecular flexibility index (Phi) is 6.03. The van der Waals surface area contributed by atoms with Gasteiger partial charge in [0.1, 0.15) is 23.4 Å². The highest BCUT2D eigenvalue weighted by Gasteiger charge is 2.50. The van der Waals surface area contributed by atoms with Crippen molar-refractivity contribution in [3.63, 3.8) is 0 Å². The van der Waals surface area contributed by atoms with Gasteiger partial charge in [0.15, 0.2) is 0 Å². The molecule has 2 aliphatic carbocycles. The van der Waals surface area contributed by atoms with Crippen molar-refractivity contribution >= 4 is 11.8 Å². The third-order valence-corrected chi connectivity index (χ3v) is 7.95. The van der Waals surface area contributed by atoms with Gasteiger partial charge in [-0.25, -0.2) is 0 Å². The molecule has 3 aliphatic rings. The van der Waals surface area contributed by atoms with Crippen LogP contribution in [-0.4, -0.2) is 17.9 Å².